The molecule has 0 aliphatic heterocycles. The van der Waals surface area contributed by atoms with Crippen LogP contribution in [0.1, 0.15) is 85.1 Å². The monoisotopic (exact) mass is 440 g/mol. The molecule has 0 saturated heterocycles. The maximum atomic E-state index is 11.2. The second-order valence-corrected chi connectivity index (χ2v) is 9.57. The number of fused-ring (bicyclic) bond motifs is 1. The van der Waals surface area contributed by atoms with E-state index in [9.17, 15) is 4.79 Å². The van der Waals surface area contributed by atoms with Crippen molar-refractivity contribution in [2.24, 2.45) is 17.8 Å². The lowest BCUT2D eigenvalue weighted by molar-refractivity contribution is -0.146. The molecule has 3 heteroatoms. The minimum atomic E-state index is -0.0576. The van der Waals surface area contributed by atoms with Crippen molar-refractivity contribution in [3.63, 3.8) is 0 Å². The van der Waals surface area contributed by atoms with Gasteiger partial charge in [0.05, 0.1) is 19.1 Å². The van der Waals surface area contributed by atoms with Crippen LogP contribution in [0, 0.1) is 17.8 Å². The van der Waals surface area contributed by atoms with Crippen LogP contribution in [0.5, 0.6) is 5.75 Å². The number of esters is 1. The van der Waals surface area contributed by atoms with E-state index in [0.29, 0.717) is 12.0 Å². The Kier molecular flexibility index (Phi) is 11.1. The second kappa shape index (κ2) is 13.5. The smallest absolute Gasteiger partial charge is 0.308 e. The van der Waals surface area contributed by atoms with Gasteiger partial charge in [0, 0.05) is 0 Å². The van der Waals surface area contributed by atoms with E-state index >= 15 is 0 Å². The van der Waals surface area contributed by atoms with E-state index in [1.807, 2.05) is 6.92 Å². The van der Waals surface area contributed by atoms with Crippen molar-refractivity contribution in [2.75, 3.05) is 7.11 Å². The molecule has 2 unspecified atom stereocenters. The first-order valence-electron chi connectivity index (χ1n) is 12.7. The molecule has 0 bridgehead atoms. The van der Waals surface area contributed by atoms with Gasteiger partial charge in [0.2, 0.25) is 0 Å². The Morgan fingerprint density at radius 1 is 0.969 bits per heavy atom. The molecule has 0 amide bonds. The predicted octanol–water partition coefficient (Wildman–Crippen LogP) is 7.98. The lowest BCUT2D eigenvalue weighted by atomic mass is 9.89. The molecule has 1 aliphatic rings. The number of carbonyl (C=O) groups is 1. The van der Waals surface area contributed by atoms with E-state index in [0.717, 1.165) is 37.4 Å². The van der Waals surface area contributed by atoms with Crippen LogP contribution < -0.4 is 4.74 Å². The summed E-state index contributed by atoms with van der Waals surface area (Å²) in [5.41, 5.74) is 1.40. The largest absolute Gasteiger partial charge is 0.490 e. The highest BCUT2D eigenvalue weighted by atomic mass is 16.5. The van der Waals surface area contributed by atoms with Gasteiger partial charge in [-0.1, -0.05) is 65.3 Å². The summed E-state index contributed by atoms with van der Waals surface area (Å²) in [5, 5.41) is 2.60. The lowest BCUT2D eigenvalue weighted by Crippen LogP contribution is -2.22. The molecule has 0 N–H and O–H groups in total. The van der Waals surface area contributed by atoms with Gasteiger partial charge in [0.25, 0.3) is 0 Å². The zero-order valence-electron chi connectivity index (χ0n) is 21.2. The van der Waals surface area contributed by atoms with Crippen molar-refractivity contribution in [1.29, 1.82) is 0 Å². The van der Waals surface area contributed by atoms with Gasteiger partial charge in [-0.25, -0.2) is 0 Å². The van der Waals surface area contributed by atoms with Crippen LogP contribution in [-0.2, 0) is 16.0 Å². The van der Waals surface area contributed by atoms with Crippen LogP contribution in [-0.4, -0.2) is 19.2 Å². The molecular formula is C29H44O3. The van der Waals surface area contributed by atoms with Crippen LogP contribution >= 0.6 is 0 Å². The average molecular weight is 441 g/mol. The third kappa shape index (κ3) is 8.15. The Morgan fingerprint density at radius 3 is 2.22 bits per heavy atom. The summed E-state index contributed by atoms with van der Waals surface area (Å²) in [7, 11) is 1.46. The topological polar surface area (TPSA) is 35.5 Å². The van der Waals surface area contributed by atoms with Crippen molar-refractivity contribution < 1.29 is 14.3 Å². The van der Waals surface area contributed by atoms with Gasteiger partial charge in [-0.15, -0.1) is 0 Å². The Bertz CT molecular complexity index is 820. The van der Waals surface area contributed by atoms with Crippen molar-refractivity contribution in [3.8, 4) is 5.75 Å². The first kappa shape index (κ1) is 26.2. The molecule has 2 atom stereocenters. The molecule has 178 valence electrons. The Hall–Kier alpha value is -2.03. The third-order valence-corrected chi connectivity index (χ3v) is 6.96. The molecule has 32 heavy (non-hydrogen) atoms. The maximum absolute atomic E-state index is 11.2. The highest BCUT2D eigenvalue weighted by molar-refractivity contribution is 5.84. The number of methoxy groups -OCH3 is 1. The van der Waals surface area contributed by atoms with Crippen LogP contribution in [0.25, 0.3) is 10.8 Å². The summed E-state index contributed by atoms with van der Waals surface area (Å²) in [6, 6.07) is 13.2. The SMILES string of the molecule is CCC(C)CC(CC)C(=O)OC.CCc1ccc2cc(OC3CCC(C)CC3)ccc2c1. The molecule has 1 fully saturated rings. The van der Waals surface area contributed by atoms with Gasteiger partial charge < -0.3 is 9.47 Å². The molecule has 0 heterocycles. The zero-order valence-corrected chi connectivity index (χ0v) is 21.2. The van der Waals surface area contributed by atoms with Gasteiger partial charge in [0.1, 0.15) is 5.75 Å². The van der Waals surface area contributed by atoms with Crippen molar-refractivity contribution in [3.05, 3.63) is 42.0 Å². The van der Waals surface area contributed by atoms with Crippen LogP contribution in [0.15, 0.2) is 36.4 Å². The van der Waals surface area contributed by atoms with E-state index < -0.39 is 0 Å². The predicted molar refractivity (Wildman–Crippen MR) is 135 cm³/mol. The molecule has 2 aromatic rings. The summed E-state index contributed by atoms with van der Waals surface area (Å²) in [5.74, 6) is 2.57. The van der Waals surface area contributed by atoms with Crippen molar-refractivity contribution >= 4 is 16.7 Å². The van der Waals surface area contributed by atoms with Crippen LogP contribution in [0.2, 0.25) is 0 Å². The first-order valence-corrected chi connectivity index (χ1v) is 12.7. The molecule has 3 rings (SSSR count). The molecule has 0 aromatic heterocycles. The summed E-state index contributed by atoms with van der Waals surface area (Å²) in [4.78, 5) is 11.2. The standard InChI is InChI=1S/C19H24O.C10H20O2/c1-3-15-6-7-17-13-19(11-8-16(17)12-15)20-18-9-4-14(2)5-10-18;1-5-8(3)7-9(6-2)10(11)12-4/h6-8,11-14,18H,3-5,9-10H2,1-2H3;8-9H,5-7H2,1-4H3. The van der Waals surface area contributed by atoms with E-state index in [4.69, 9.17) is 9.47 Å². The van der Waals surface area contributed by atoms with Crippen LogP contribution in [0.3, 0.4) is 0 Å². The van der Waals surface area contributed by atoms with Gasteiger partial charge in [-0.3, -0.25) is 4.79 Å². The molecular weight excluding hydrogens is 396 g/mol. The first-order chi connectivity index (χ1) is 15.4. The fraction of sp³-hybridized carbons (Fsp3) is 0.621. The average Bonchev–Trinajstić information content (AvgIpc) is 2.83. The van der Waals surface area contributed by atoms with E-state index in [-0.39, 0.29) is 11.9 Å². The Balaban J connectivity index is 0.000000262. The molecule has 3 nitrogen and oxygen atoms in total. The molecule has 0 spiro atoms. The number of hydrogen-bond acceptors (Lipinski definition) is 3. The van der Waals surface area contributed by atoms with E-state index in [2.05, 4.69) is 64.1 Å². The van der Waals surface area contributed by atoms with Crippen molar-refractivity contribution in [1.82, 2.24) is 0 Å². The third-order valence-electron chi connectivity index (χ3n) is 6.96. The highest BCUT2D eigenvalue weighted by Gasteiger charge is 2.20. The number of hydrogen-bond donors (Lipinski definition) is 0. The summed E-state index contributed by atoms with van der Waals surface area (Å²) < 4.78 is 10.9. The van der Waals surface area contributed by atoms with Crippen LogP contribution in [0.4, 0.5) is 0 Å². The number of benzene rings is 2. The minimum absolute atomic E-state index is 0.0576. The van der Waals surface area contributed by atoms with Gasteiger partial charge in [-0.2, -0.15) is 0 Å². The van der Waals surface area contributed by atoms with Gasteiger partial charge >= 0.3 is 5.97 Å². The molecule has 1 saturated carbocycles. The quantitative estimate of drug-likeness (QED) is 0.390. The Morgan fingerprint density at radius 2 is 1.62 bits per heavy atom. The van der Waals surface area contributed by atoms with E-state index in [1.54, 1.807) is 0 Å². The fourth-order valence-electron chi connectivity index (χ4n) is 4.35. The van der Waals surface area contributed by atoms with E-state index in [1.165, 1.54) is 49.1 Å². The fourth-order valence-corrected chi connectivity index (χ4v) is 4.35. The van der Waals surface area contributed by atoms with Gasteiger partial charge in [0.15, 0.2) is 0 Å². The molecule has 2 aromatic carbocycles. The summed E-state index contributed by atoms with van der Waals surface area (Å²) >= 11 is 0. The second-order valence-electron chi connectivity index (χ2n) is 9.57. The minimum Gasteiger partial charge on any atom is -0.490 e. The Labute approximate surface area is 195 Å². The molecule has 1 aliphatic carbocycles. The molecule has 0 radical (unpaired) electrons. The summed E-state index contributed by atoms with van der Waals surface area (Å²) in [6.45, 7) is 10.9. The normalized spacial score (nSPS) is 20.1. The highest BCUT2D eigenvalue weighted by Crippen LogP contribution is 2.29. The maximum Gasteiger partial charge on any atom is 0.308 e. The number of ether oxygens (including phenoxy) is 2. The number of carbonyl (C=O) groups excluding carboxylic acids is 1. The summed E-state index contributed by atoms with van der Waals surface area (Å²) in [6.07, 6.45) is 9.50. The number of rotatable bonds is 8. The number of aryl methyl sites for hydroxylation is 1. The lowest BCUT2D eigenvalue weighted by Gasteiger charge is -2.27. The van der Waals surface area contributed by atoms with Crippen molar-refractivity contribution in [2.45, 2.75) is 92.1 Å². The zero-order chi connectivity index (χ0) is 23.5. The van der Waals surface area contributed by atoms with Gasteiger partial charge in [-0.05, 0) is 85.3 Å².